The highest BCUT2D eigenvalue weighted by Crippen LogP contribution is 2.03. The van der Waals surface area contributed by atoms with E-state index in [0.717, 1.165) is 0 Å². The molecule has 5 N–H and O–H groups in total. The van der Waals surface area contributed by atoms with Gasteiger partial charge in [-0.3, -0.25) is 9.35 Å². The third-order valence-electron chi connectivity index (χ3n) is 2.08. The fourth-order valence-corrected chi connectivity index (χ4v) is 1.37. The van der Waals surface area contributed by atoms with Crippen LogP contribution in [0.5, 0.6) is 0 Å². The zero-order valence-corrected chi connectivity index (χ0v) is 9.36. The highest BCUT2D eigenvalue weighted by molar-refractivity contribution is 7.86. The number of amides is 1. The van der Waals surface area contributed by atoms with Crippen molar-refractivity contribution in [3.8, 4) is 0 Å². The van der Waals surface area contributed by atoms with Gasteiger partial charge in [0.2, 0.25) is 5.91 Å². The first-order valence-electron chi connectivity index (χ1n) is 4.33. The Hall–Kier alpha value is -0.700. The normalized spacial score (nSPS) is 17.9. The van der Waals surface area contributed by atoms with Gasteiger partial charge >= 0.3 is 0 Å². The fraction of sp³-hybridized carbons (Fsp3) is 0.857. The first-order chi connectivity index (χ1) is 6.70. The Morgan fingerprint density at radius 2 is 1.93 bits per heavy atom. The van der Waals surface area contributed by atoms with Gasteiger partial charge in [0.15, 0.2) is 0 Å². The number of carbonyl (C=O) groups is 1. The van der Waals surface area contributed by atoms with Gasteiger partial charge in [0.05, 0.1) is 6.61 Å². The molecule has 8 heteroatoms. The fourth-order valence-electron chi connectivity index (χ4n) is 0.790. The lowest BCUT2D eigenvalue weighted by molar-refractivity contribution is -0.123. The zero-order chi connectivity index (χ0) is 12.2. The molecule has 0 aliphatic carbocycles. The average molecular weight is 240 g/mol. The van der Waals surface area contributed by atoms with Gasteiger partial charge in [-0.15, -0.1) is 0 Å². The van der Waals surface area contributed by atoms with Gasteiger partial charge in [0.1, 0.15) is 11.3 Å². The summed E-state index contributed by atoms with van der Waals surface area (Å²) in [5.41, 5.74) is 5.20. The standard InChI is InChI=1S/C7H16N2O5S/c1-4(5(2)15(12,13)14)9-7(11)6(8)3-10/h4-6,10H,3,8H2,1-2H3,(H,9,11)(H,12,13,14)/t4?,5?,6-/m0/s1. The van der Waals surface area contributed by atoms with Gasteiger partial charge in [-0.25, -0.2) is 0 Å². The van der Waals surface area contributed by atoms with Crippen LogP contribution < -0.4 is 11.1 Å². The highest BCUT2D eigenvalue weighted by atomic mass is 32.2. The van der Waals surface area contributed by atoms with Crippen molar-refractivity contribution in [2.45, 2.75) is 31.2 Å². The second-order valence-electron chi connectivity index (χ2n) is 3.31. The second kappa shape index (κ2) is 5.40. The molecule has 0 aliphatic rings. The molecule has 0 rings (SSSR count). The summed E-state index contributed by atoms with van der Waals surface area (Å²) >= 11 is 0. The Labute approximate surface area is 88.4 Å². The van der Waals surface area contributed by atoms with Crippen molar-refractivity contribution >= 4 is 16.0 Å². The van der Waals surface area contributed by atoms with E-state index < -0.39 is 40.0 Å². The van der Waals surface area contributed by atoms with Crippen LogP contribution in [0.3, 0.4) is 0 Å². The van der Waals surface area contributed by atoms with Crippen molar-refractivity contribution in [3.05, 3.63) is 0 Å². The van der Waals surface area contributed by atoms with Crippen molar-refractivity contribution in [2.24, 2.45) is 5.73 Å². The SMILES string of the molecule is CC(NC(=O)[C@@H](N)CO)C(C)S(=O)(=O)O. The number of carbonyl (C=O) groups excluding carboxylic acids is 1. The molecule has 3 atom stereocenters. The number of hydrogen-bond acceptors (Lipinski definition) is 5. The number of aliphatic hydroxyl groups excluding tert-OH is 1. The van der Waals surface area contributed by atoms with Crippen LogP contribution in [-0.2, 0) is 14.9 Å². The van der Waals surface area contributed by atoms with E-state index in [9.17, 15) is 13.2 Å². The van der Waals surface area contributed by atoms with Crippen molar-refractivity contribution < 1.29 is 22.9 Å². The van der Waals surface area contributed by atoms with Crippen LogP contribution in [0, 0.1) is 0 Å². The Morgan fingerprint density at radius 3 is 2.27 bits per heavy atom. The van der Waals surface area contributed by atoms with Crippen LogP contribution in [-0.4, -0.2) is 47.9 Å². The summed E-state index contributed by atoms with van der Waals surface area (Å²) in [4.78, 5) is 11.1. The van der Waals surface area contributed by atoms with Gasteiger partial charge in [0, 0.05) is 6.04 Å². The second-order valence-corrected chi connectivity index (χ2v) is 5.08. The smallest absolute Gasteiger partial charge is 0.269 e. The van der Waals surface area contributed by atoms with E-state index in [-0.39, 0.29) is 0 Å². The Morgan fingerprint density at radius 1 is 1.47 bits per heavy atom. The number of aliphatic hydroxyl groups is 1. The average Bonchev–Trinajstić information content (AvgIpc) is 2.13. The van der Waals surface area contributed by atoms with Crippen LogP contribution in [0.2, 0.25) is 0 Å². The Bertz CT molecular complexity index is 315. The molecule has 0 saturated carbocycles. The molecule has 90 valence electrons. The summed E-state index contributed by atoms with van der Waals surface area (Å²) in [5.74, 6) is -0.666. The molecule has 2 unspecified atom stereocenters. The summed E-state index contributed by atoms with van der Waals surface area (Å²) in [5, 5.41) is 9.70. The summed E-state index contributed by atoms with van der Waals surface area (Å²) in [6, 6.07) is -1.88. The third-order valence-corrected chi connectivity index (χ3v) is 3.43. The number of rotatable bonds is 5. The van der Waals surface area contributed by atoms with Gasteiger partial charge in [0.25, 0.3) is 10.1 Å². The molecule has 0 fully saturated rings. The third kappa shape index (κ3) is 4.56. The van der Waals surface area contributed by atoms with Crippen LogP contribution in [0.1, 0.15) is 13.8 Å². The molecular weight excluding hydrogens is 224 g/mol. The molecule has 0 spiro atoms. The lowest BCUT2D eigenvalue weighted by Crippen LogP contribution is -2.50. The molecule has 0 aromatic heterocycles. The number of nitrogens with two attached hydrogens (primary N) is 1. The number of hydrogen-bond donors (Lipinski definition) is 4. The van der Waals surface area contributed by atoms with Gasteiger partial charge < -0.3 is 16.2 Å². The van der Waals surface area contributed by atoms with Crippen molar-refractivity contribution in [3.63, 3.8) is 0 Å². The molecular formula is C7H16N2O5S. The van der Waals surface area contributed by atoms with E-state index in [4.69, 9.17) is 15.4 Å². The molecule has 0 aliphatic heterocycles. The highest BCUT2D eigenvalue weighted by Gasteiger charge is 2.26. The van der Waals surface area contributed by atoms with Gasteiger partial charge in [-0.05, 0) is 13.8 Å². The monoisotopic (exact) mass is 240 g/mol. The van der Waals surface area contributed by atoms with E-state index in [0.29, 0.717) is 0 Å². The summed E-state index contributed by atoms with van der Waals surface area (Å²) in [6.07, 6.45) is 0. The molecule has 0 aromatic rings. The summed E-state index contributed by atoms with van der Waals surface area (Å²) in [7, 11) is -4.20. The Kier molecular flexibility index (Phi) is 5.15. The minimum Gasteiger partial charge on any atom is -0.394 e. The molecule has 0 heterocycles. The summed E-state index contributed by atoms with van der Waals surface area (Å²) < 4.78 is 30.1. The van der Waals surface area contributed by atoms with E-state index in [1.165, 1.54) is 13.8 Å². The molecule has 0 aromatic carbocycles. The molecule has 1 amide bonds. The maximum absolute atomic E-state index is 11.1. The van der Waals surface area contributed by atoms with Crippen LogP contribution in [0.4, 0.5) is 0 Å². The van der Waals surface area contributed by atoms with E-state index >= 15 is 0 Å². The van der Waals surface area contributed by atoms with E-state index in [1.807, 2.05) is 0 Å². The van der Waals surface area contributed by atoms with Crippen LogP contribution >= 0.6 is 0 Å². The maximum atomic E-state index is 11.1. The minimum absolute atomic E-state index is 0.529. The van der Waals surface area contributed by atoms with Crippen molar-refractivity contribution in [1.82, 2.24) is 5.32 Å². The lowest BCUT2D eigenvalue weighted by atomic mass is 10.2. The minimum atomic E-state index is -4.20. The zero-order valence-electron chi connectivity index (χ0n) is 8.54. The molecule has 0 saturated heterocycles. The van der Waals surface area contributed by atoms with Gasteiger partial charge in [-0.2, -0.15) is 8.42 Å². The molecule has 0 bridgehead atoms. The van der Waals surface area contributed by atoms with E-state index in [1.54, 1.807) is 0 Å². The van der Waals surface area contributed by atoms with Crippen LogP contribution in [0.15, 0.2) is 0 Å². The predicted octanol–water partition coefficient (Wildman–Crippen LogP) is -1.91. The summed E-state index contributed by atoms with van der Waals surface area (Å²) in [6.45, 7) is 2.14. The number of nitrogens with one attached hydrogen (secondary N) is 1. The Balaban J connectivity index is 4.38. The topological polar surface area (TPSA) is 130 Å². The lowest BCUT2D eigenvalue weighted by Gasteiger charge is -2.20. The first-order valence-corrected chi connectivity index (χ1v) is 5.83. The molecule has 15 heavy (non-hydrogen) atoms. The molecule has 7 nitrogen and oxygen atoms in total. The van der Waals surface area contributed by atoms with Crippen molar-refractivity contribution in [2.75, 3.05) is 6.61 Å². The van der Waals surface area contributed by atoms with Crippen LogP contribution in [0.25, 0.3) is 0 Å². The predicted molar refractivity (Wildman–Crippen MR) is 53.7 cm³/mol. The van der Waals surface area contributed by atoms with Gasteiger partial charge in [-0.1, -0.05) is 0 Å². The maximum Gasteiger partial charge on any atom is 0.269 e. The van der Waals surface area contributed by atoms with Crippen molar-refractivity contribution in [1.29, 1.82) is 0 Å². The molecule has 0 radical (unpaired) electrons. The quantitative estimate of drug-likeness (QED) is 0.415. The van der Waals surface area contributed by atoms with E-state index in [2.05, 4.69) is 5.32 Å². The largest absolute Gasteiger partial charge is 0.394 e. The first kappa shape index (κ1) is 14.3.